The quantitative estimate of drug-likeness (QED) is 0.941. The van der Waals surface area contributed by atoms with Crippen LogP contribution >= 0.6 is 11.3 Å². The van der Waals surface area contributed by atoms with E-state index in [2.05, 4.69) is 24.3 Å². The lowest BCUT2D eigenvalue weighted by molar-refractivity contribution is 0.462. The molecule has 2 aromatic heterocycles. The van der Waals surface area contributed by atoms with Gasteiger partial charge in [0.15, 0.2) is 0 Å². The molecule has 5 heteroatoms. The molecule has 1 N–H and O–H groups in total. The van der Waals surface area contributed by atoms with Crippen molar-refractivity contribution in [1.82, 2.24) is 20.1 Å². The number of hydrogen-bond donors (Lipinski definition) is 1. The highest BCUT2D eigenvalue weighted by Crippen LogP contribution is 2.34. The maximum atomic E-state index is 4.76. The second kappa shape index (κ2) is 5.66. The van der Waals surface area contributed by atoms with Gasteiger partial charge in [0.25, 0.3) is 0 Å². The largest absolute Gasteiger partial charge is 0.305 e. The van der Waals surface area contributed by atoms with Crippen LogP contribution in [0.2, 0.25) is 0 Å². The Morgan fingerprint density at radius 2 is 2.35 bits per heavy atom. The first-order chi connectivity index (χ1) is 9.69. The van der Waals surface area contributed by atoms with Gasteiger partial charge in [0, 0.05) is 35.8 Å². The standard InChI is InChI=1S/C15H22N4S/c1-4-14-18-13-7-5-6-12(15(13)20-14)16-8-11-9-17-19(3)10(11)2/h9,12,16H,4-8H2,1-3H3/t12-/m1/s1. The van der Waals surface area contributed by atoms with Gasteiger partial charge in [-0.2, -0.15) is 5.10 Å². The van der Waals surface area contributed by atoms with Crippen LogP contribution in [0.15, 0.2) is 6.20 Å². The molecule has 0 unspecified atom stereocenters. The molecule has 0 aromatic carbocycles. The highest BCUT2D eigenvalue weighted by molar-refractivity contribution is 7.11. The van der Waals surface area contributed by atoms with Gasteiger partial charge >= 0.3 is 0 Å². The minimum Gasteiger partial charge on any atom is -0.305 e. The van der Waals surface area contributed by atoms with Crippen molar-refractivity contribution in [3.8, 4) is 0 Å². The summed E-state index contributed by atoms with van der Waals surface area (Å²) < 4.78 is 1.94. The molecule has 2 heterocycles. The van der Waals surface area contributed by atoms with Gasteiger partial charge < -0.3 is 5.32 Å². The molecule has 0 radical (unpaired) electrons. The highest BCUT2D eigenvalue weighted by Gasteiger charge is 2.24. The van der Waals surface area contributed by atoms with Gasteiger partial charge in [0.2, 0.25) is 0 Å². The molecule has 1 aliphatic carbocycles. The van der Waals surface area contributed by atoms with E-state index in [0.29, 0.717) is 6.04 Å². The molecule has 0 bridgehead atoms. The van der Waals surface area contributed by atoms with Crippen molar-refractivity contribution in [1.29, 1.82) is 0 Å². The number of aryl methyl sites for hydroxylation is 3. The summed E-state index contributed by atoms with van der Waals surface area (Å²) in [4.78, 5) is 6.23. The molecule has 1 aliphatic rings. The molecular formula is C15H22N4S. The Morgan fingerprint density at radius 1 is 1.50 bits per heavy atom. The van der Waals surface area contributed by atoms with Crippen LogP contribution in [0.1, 0.15) is 52.6 Å². The lowest BCUT2D eigenvalue weighted by Crippen LogP contribution is -2.24. The van der Waals surface area contributed by atoms with E-state index in [1.807, 2.05) is 29.3 Å². The van der Waals surface area contributed by atoms with Gasteiger partial charge in [-0.15, -0.1) is 11.3 Å². The van der Waals surface area contributed by atoms with Gasteiger partial charge in [-0.05, 0) is 32.6 Å². The summed E-state index contributed by atoms with van der Waals surface area (Å²) in [6.07, 6.45) is 6.62. The molecule has 1 atom stereocenters. The topological polar surface area (TPSA) is 42.7 Å². The number of rotatable bonds is 4. The molecule has 4 nitrogen and oxygen atoms in total. The molecule has 0 saturated heterocycles. The predicted molar refractivity (Wildman–Crippen MR) is 82.0 cm³/mol. The number of fused-ring (bicyclic) bond motifs is 1. The van der Waals surface area contributed by atoms with E-state index >= 15 is 0 Å². The molecule has 0 aliphatic heterocycles. The summed E-state index contributed by atoms with van der Waals surface area (Å²) in [6.45, 7) is 5.20. The zero-order valence-corrected chi connectivity index (χ0v) is 13.3. The Labute approximate surface area is 124 Å². The zero-order chi connectivity index (χ0) is 14.1. The van der Waals surface area contributed by atoms with Crippen LogP contribution in [0.3, 0.4) is 0 Å². The minimum atomic E-state index is 0.469. The molecule has 3 rings (SSSR count). The summed E-state index contributed by atoms with van der Waals surface area (Å²) in [5.74, 6) is 0. The third-order valence-electron chi connectivity index (χ3n) is 4.17. The number of nitrogens with zero attached hydrogens (tertiary/aromatic N) is 3. The number of nitrogens with one attached hydrogen (secondary N) is 1. The first-order valence-electron chi connectivity index (χ1n) is 7.38. The van der Waals surface area contributed by atoms with E-state index < -0.39 is 0 Å². The lowest BCUT2D eigenvalue weighted by atomic mass is 9.98. The first-order valence-corrected chi connectivity index (χ1v) is 8.20. The normalized spacial score (nSPS) is 18.2. The van der Waals surface area contributed by atoms with Crippen LogP contribution in [0.5, 0.6) is 0 Å². The van der Waals surface area contributed by atoms with Crippen LogP contribution < -0.4 is 5.32 Å². The number of thiazole rings is 1. The fourth-order valence-corrected chi connectivity index (χ4v) is 3.93. The van der Waals surface area contributed by atoms with Crippen molar-refractivity contribution in [2.45, 2.75) is 52.1 Å². The Balaban J connectivity index is 1.73. The van der Waals surface area contributed by atoms with Gasteiger partial charge in [-0.25, -0.2) is 4.98 Å². The zero-order valence-electron chi connectivity index (χ0n) is 12.4. The summed E-state index contributed by atoms with van der Waals surface area (Å²) in [5, 5.41) is 9.29. The number of aromatic nitrogens is 3. The molecule has 0 saturated carbocycles. The fraction of sp³-hybridized carbons (Fsp3) is 0.600. The van der Waals surface area contributed by atoms with E-state index in [-0.39, 0.29) is 0 Å². The van der Waals surface area contributed by atoms with Crippen LogP contribution in [0, 0.1) is 6.92 Å². The van der Waals surface area contributed by atoms with Crippen LogP contribution in [0.4, 0.5) is 0 Å². The molecule has 2 aromatic rings. The maximum Gasteiger partial charge on any atom is 0.0928 e. The van der Waals surface area contributed by atoms with Crippen molar-refractivity contribution < 1.29 is 0 Å². The van der Waals surface area contributed by atoms with Crippen molar-refractivity contribution >= 4 is 11.3 Å². The minimum absolute atomic E-state index is 0.469. The SMILES string of the molecule is CCc1nc2c(s1)[C@H](NCc1cnn(C)c1C)CCC2. The Bertz CT molecular complexity index is 599. The van der Waals surface area contributed by atoms with Crippen molar-refractivity contribution in [2.75, 3.05) is 0 Å². The molecule has 20 heavy (non-hydrogen) atoms. The Kier molecular flexibility index (Phi) is 3.89. The van der Waals surface area contributed by atoms with E-state index in [1.54, 1.807) is 0 Å². The predicted octanol–water partition coefficient (Wildman–Crippen LogP) is 2.91. The van der Waals surface area contributed by atoms with E-state index in [4.69, 9.17) is 4.98 Å². The second-order valence-corrected chi connectivity index (χ2v) is 6.59. The van der Waals surface area contributed by atoms with E-state index in [1.165, 1.54) is 39.7 Å². The van der Waals surface area contributed by atoms with Crippen LogP contribution in [0.25, 0.3) is 0 Å². The smallest absolute Gasteiger partial charge is 0.0928 e. The molecule has 0 amide bonds. The lowest BCUT2D eigenvalue weighted by Gasteiger charge is -2.22. The molecule has 108 valence electrons. The summed E-state index contributed by atoms with van der Waals surface area (Å²) in [5.41, 5.74) is 3.87. The third kappa shape index (κ3) is 2.52. The molecule has 0 spiro atoms. The summed E-state index contributed by atoms with van der Waals surface area (Å²) in [7, 11) is 1.99. The second-order valence-electron chi connectivity index (χ2n) is 5.48. The molecular weight excluding hydrogens is 268 g/mol. The van der Waals surface area contributed by atoms with E-state index in [9.17, 15) is 0 Å². The van der Waals surface area contributed by atoms with Crippen molar-refractivity contribution in [3.63, 3.8) is 0 Å². The fourth-order valence-electron chi connectivity index (χ4n) is 2.77. The van der Waals surface area contributed by atoms with Gasteiger partial charge in [-0.3, -0.25) is 4.68 Å². The third-order valence-corrected chi connectivity index (χ3v) is 5.53. The van der Waals surface area contributed by atoms with Crippen LogP contribution in [-0.2, 0) is 26.4 Å². The summed E-state index contributed by atoms with van der Waals surface area (Å²) >= 11 is 1.89. The monoisotopic (exact) mass is 290 g/mol. The summed E-state index contributed by atoms with van der Waals surface area (Å²) in [6, 6.07) is 0.469. The van der Waals surface area contributed by atoms with Gasteiger partial charge in [0.05, 0.1) is 16.9 Å². The van der Waals surface area contributed by atoms with Gasteiger partial charge in [0.1, 0.15) is 0 Å². The van der Waals surface area contributed by atoms with Crippen LogP contribution in [-0.4, -0.2) is 14.8 Å². The first kappa shape index (κ1) is 13.8. The van der Waals surface area contributed by atoms with E-state index in [0.717, 1.165) is 19.4 Å². The molecule has 0 fully saturated rings. The average Bonchev–Trinajstić information content (AvgIpc) is 3.02. The van der Waals surface area contributed by atoms with Gasteiger partial charge in [-0.1, -0.05) is 6.92 Å². The Morgan fingerprint density at radius 3 is 3.05 bits per heavy atom. The number of hydrogen-bond acceptors (Lipinski definition) is 4. The maximum absolute atomic E-state index is 4.76. The average molecular weight is 290 g/mol. The van der Waals surface area contributed by atoms with Crippen molar-refractivity contribution in [2.24, 2.45) is 7.05 Å². The highest BCUT2D eigenvalue weighted by atomic mass is 32.1. The van der Waals surface area contributed by atoms with Crippen molar-refractivity contribution in [3.05, 3.63) is 33.0 Å². The Hall–Kier alpha value is -1.20.